The fourth-order valence-corrected chi connectivity index (χ4v) is 2.55. The molecule has 20 heavy (non-hydrogen) atoms. The van der Waals surface area contributed by atoms with Crippen LogP contribution in [0.15, 0.2) is 12.3 Å². The standard InChI is InChI=1S/C14H21ClN4O/c1-10-2-5-19(6-3-10)7-4-17-14-12(15)8-11(9-18-14)13(16)20/h8-10H,2-7H2,1H3,(H2,16,20)(H,17,18). The summed E-state index contributed by atoms with van der Waals surface area (Å²) in [5, 5.41) is 3.63. The summed E-state index contributed by atoms with van der Waals surface area (Å²) in [6.07, 6.45) is 3.98. The molecule has 1 amide bonds. The summed E-state index contributed by atoms with van der Waals surface area (Å²) < 4.78 is 0. The van der Waals surface area contributed by atoms with Crippen molar-refractivity contribution in [3.05, 3.63) is 22.8 Å². The van der Waals surface area contributed by atoms with Gasteiger partial charge in [0.05, 0.1) is 10.6 Å². The van der Waals surface area contributed by atoms with Gasteiger partial charge < -0.3 is 16.0 Å². The van der Waals surface area contributed by atoms with E-state index >= 15 is 0 Å². The molecule has 0 bridgehead atoms. The largest absolute Gasteiger partial charge is 0.368 e. The van der Waals surface area contributed by atoms with Gasteiger partial charge in [0, 0.05) is 19.3 Å². The van der Waals surface area contributed by atoms with Gasteiger partial charge in [-0.2, -0.15) is 0 Å². The summed E-state index contributed by atoms with van der Waals surface area (Å²) >= 11 is 6.07. The zero-order chi connectivity index (χ0) is 14.5. The number of piperidine rings is 1. The van der Waals surface area contributed by atoms with Crippen LogP contribution in [0.1, 0.15) is 30.1 Å². The van der Waals surface area contributed by atoms with Crippen molar-refractivity contribution in [2.24, 2.45) is 11.7 Å². The number of nitrogens with zero attached hydrogens (tertiary/aromatic N) is 2. The minimum atomic E-state index is -0.520. The van der Waals surface area contributed by atoms with Gasteiger partial charge in [-0.15, -0.1) is 0 Å². The van der Waals surface area contributed by atoms with Crippen LogP contribution in [-0.4, -0.2) is 42.0 Å². The van der Waals surface area contributed by atoms with E-state index < -0.39 is 5.91 Å². The van der Waals surface area contributed by atoms with Gasteiger partial charge in [0.1, 0.15) is 5.82 Å². The molecule has 1 fully saturated rings. The average Bonchev–Trinajstić information content (AvgIpc) is 2.42. The van der Waals surface area contributed by atoms with Crippen molar-refractivity contribution >= 4 is 23.3 Å². The molecule has 6 heteroatoms. The SMILES string of the molecule is CC1CCN(CCNc2ncc(C(N)=O)cc2Cl)CC1. The van der Waals surface area contributed by atoms with Crippen LogP contribution < -0.4 is 11.1 Å². The van der Waals surface area contributed by atoms with Gasteiger partial charge in [0.2, 0.25) is 5.91 Å². The number of hydrogen-bond acceptors (Lipinski definition) is 4. The predicted octanol–water partition coefficient (Wildman–Crippen LogP) is 1.98. The van der Waals surface area contributed by atoms with Gasteiger partial charge in [-0.05, 0) is 37.9 Å². The lowest BCUT2D eigenvalue weighted by atomic mass is 9.99. The number of aromatic nitrogens is 1. The van der Waals surface area contributed by atoms with Crippen LogP contribution in [0.3, 0.4) is 0 Å². The van der Waals surface area contributed by atoms with Crippen molar-refractivity contribution in [3.63, 3.8) is 0 Å². The number of pyridine rings is 1. The molecular formula is C14H21ClN4O. The zero-order valence-electron chi connectivity index (χ0n) is 11.7. The van der Waals surface area contributed by atoms with Crippen molar-refractivity contribution in [3.8, 4) is 0 Å². The third kappa shape index (κ3) is 4.08. The molecule has 0 atom stereocenters. The lowest BCUT2D eigenvalue weighted by molar-refractivity contribution is 0.1000. The fraction of sp³-hybridized carbons (Fsp3) is 0.571. The van der Waals surface area contributed by atoms with Gasteiger partial charge in [0.15, 0.2) is 0 Å². The van der Waals surface area contributed by atoms with Crippen LogP contribution in [0.2, 0.25) is 5.02 Å². The minimum Gasteiger partial charge on any atom is -0.368 e. The number of carbonyl (C=O) groups excluding carboxylic acids is 1. The first-order valence-electron chi connectivity index (χ1n) is 6.98. The summed E-state index contributed by atoms with van der Waals surface area (Å²) in [6.45, 7) is 6.38. The molecule has 5 nitrogen and oxygen atoms in total. The molecule has 1 aromatic rings. The van der Waals surface area contributed by atoms with Crippen LogP contribution in [0.5, 0.6) is 0 Å². The van der Waals surface area contributed by atoms with Gasteiger partial charge in [0.25, 0.3) is 0 Å². The molecule has 0 aliphatic carbocycles. The Kier molecular flexibility index (Phi) is 5.20. The zero-order valence-corrected chi connectivity index (χ0v) is 12.5. The normalized spacial score (nSPS) is 17.1. The molecule has 2 heterocycles. The third-order valence-corrected chi connectivity index (χ3v) is 4.01. The number of halogens is 1. The number of amides is 1. The van der Waals surface area contributed by atoms with E-state index in [9.17, 15) is 4.79 Å². The van der Waals surface area contributed by atoms with Gasteiger partial charge >= 0.3 is 0 Å². The maximum Gasteiger partial charge on any atom is 0.250 e. The van der Waals surface area contributed by atoms with Crippen molar-refractivity contribution in [1.29, 1.82) is 0 Å². The highest BCUT2D eigenvalue weighted by Gasteiger charge is 2.15. The molecule has 0 aromatic carbocycles. The van der Waals surface area contributed by atoms with Crippen molar-refractivity contribution in [2.75, 3.05) is 31.5 Å². The first-order valence-corrected chi connectivity index (χ1v) is 7.35. The number of anilines is 1. The Balaban J connectivity index is 1.81. The molecule has 1 aromatic heterocycles. The van der Waals surface area contributed by atoms with E-state index in [1.165, 1.54) is 19.0 Å². The van der Waals surface area contributed by atoms with Crippen molar-refractivity contribution in [1.82, 2.24) is 9.88 Å². The maximum absolute atomic E-state index is 11.0. The lowest BCUT2D eigenvalue weighted by Crippen LogP contribution is -2.36. The van der Waals surface area contributed by atoms with E-state index in [0.29, 0.717) is 16.4 Å². The maximum atomic E-state index is 11.0. The molecule has 1 aliphatic rings. The highest BCUT2D eigenvalue weighted by Crippen LogP contribution is 2.20. The molecule has 0 saturated carbocycles. The number of primary amides is 1. The second kappa shape index (κ2) is 6.90. The number of nitrogens with one attached hydrogen (secondary N) is 1. The highest BCUT2D eigenvalue weighted by atomic mass is 35.5. The third-order valence-electron chi connectivity index (χ3n) is 3.72. The van der Waals surface area contributed by atoms with Gasteiger partial charge in [-0.25, -0.2) is 4.98 Å². The van der Waals surface area contributed by atoms with Crippen molar-refractivity contribution in [2.45, 2.75) is 19.8 Å². The Morgan fingerprint density at radius 2 is 2.25 bits per heavy atom. The van der Waals surface area contributed by atoms with Crippen molar-refractivity contribution < 1.29 is 4.79 Å². The summed E-state index contributed by atoms with van der Waals surface area (Å²) in [5.41, 5.74) is 5.50. The second-order valence-corrected chi connectivity index (χ2v) is 5.78. The molecule has 1 aliphatic heterocycles. The highest BCUT2D eigenvalue weighted by molar-refractivity contribution is 6.33. The summed E-state index contributed by atoms with van der Waals surface area (Å²) in [5.74, 6) is 0.923. The molecule has 0 radical (unpaired) electrons. The minimum absolute atomic E-state index is 0.325. The van der Waals surface area contributed by atoms with E-state index in [1.54, 1.807) is 6.07 Å². The Hall–Kier alpha value is -1.33. The van der Waals surface area contributed by atoms with E-state index in [1.807, 2.05) is 0 Å². The van der Waals surface area contributed by atoms with E-state index in [2.05, 4.69) is 22.1 Å². The van der Waals surface area contributed by atoms with E-state index in [0.717, 1.165) is 32.1 Å². The number of likely N-dealkylation sites (tertiary alicyclic amines) is 1. The average molecular weight is 297 g/mol. The first-order chi connectivity index (χ1) is 9.56. The number of carbonyl (C=O) groups is 1. The molecule has 2 rings (SSSR count). The lowest BCUT2D eigenvalue weighted by Gasteiger charge is -2.30. The van der Waals surface area contributed by atoms with Gasteiger partial charge in [-0.3, -0.25) is 4.79 Å². The van der Waals surface area contributed by atoms with Crippen LogP contribution in [-0.2, 0) is 0 Å². The van der Waals surface area contributed by atoms with Crippen LogP contribution in [0.4, 0.5) is 5.82 Å². The first kappa shape index (κ1) is 15.1. The number of rotatable bonds is 5. The smallest absolute Gasteiger partial charge is 0.250 e. The van der Waals surface area contributed by atoms with E-state index in [4.69, 9.17) is 17.3 Å². The molecule has 110 valence electrons. The summed E-state index contributed by atoms with van der Waals surface area (Å²) in [4.78, 5) is 17.6. The monoisotopic (exact) mass is 296 g/mol. The van der Waals surface area contributed by atoms with Gasteiger partial charge in [-0.1, -0.05) is 18.5 Å². The topological polar surface area (TPSA) is 71.2 Å². The molecular weight excluding hydrogens is 276 g/mol. The molecule has 0 unspecified atom stereocenters. The van der Waals surface area contributed by atoms with Crippen LogP contribution >= 0.6 is 11.6 Å². The Morgan fingerprint density at radius 3 is 2.85 bits per heavy atom. The molecule has 1 saturated heterocycles. The second-order valence-electron chi connectivity index (χ2n) is 5.37. The quantitative estimate of drug-likeness (QED) is 0.871. The summed E-state index contributed by atoms with van der Waals surface area (Å²) in [7, 11) is 0. The predicted molar refractivity (Wildman–Crippen MR) is 81.1 cm³/mol. The number of nitrogens with two attached hydrogens (primary N) is 1. The van der Waals surface area contributed by atoms with Crippen LogP contribution in [0.25, 0.3) is 0 Å². The Bertz CT molecular complexity index is 472. The molecule has 0 spiro atoms. The fourth-order valence-electron chi connectivity index (χ4n) is 2.32. The van der Waals surface area contributed by atoms with E-state index in [-0.39, 0.29) is 0 Å². The number of hydrogen-bond donors (Lipinski definition) is 2. The Labute approximate surface area is 124 Å². The molecule has 3 N–H and O–H groups in total. The Morgan fingerprint density at radius 1 is 1.55 bits per heavy atom. The van der Waals surface area contributed by atoms with Crippen LogP contribution in [0, 0.1) is 5.92 Å². The summed E-state index contributed by atoms with van der Waals surface area (Å²) in [6, 6.07) is 1.54.